The lowest BCUT2D eigenvalue weighted by atomic mass is 10.1. The van der Waals surface area contributed by atoms with Crippen molar-refractivity contribution in [2.45, 2.75) is 212 Å². The second-order valence-corrected chi connectivity index (χ2v) is 16.3. The molecule has 0 amide bonds. The Morgan fingerprint density at radius 1 is 0.537 bits per heavy atom. The lowest BCUT2D eigenvalue weighted by Crippen LogP contribution is -2.44. The minimum absolute atomic E-state index is 0.150. The number of esters is 2. The molecule has 9 nitrogen and oxygen atoms in total. The van der Waals surface area contributed by atoms with Crippen molar-refractivity contribution in [2.75, 3.05) is 47.5 Å². The van der Waals surface area contributed by atoms with E-state index in [4.69, 9.17) is 18.9 Å². The molecule has 2 unspecified atom stereocenters. The molecule has 0 aromatic rings. The molecule has 54 heavy (non-hydrogen) atoms. The van der Waals surface area contributed by atoms with Crippen molar-refractivity contribution in [3.8, 4) is 0 Å². The number of unbranched alkanes of at least 4 members (excludes halogenated alkanes) is 24. The van der Waals surface area contributed by atoms with E-state index in [2.05, 4.69) is 26.0 Å². The van der Waals surface area contributed by atoms with Crippen LogP contribution in [0.2, 0.25) is 0 Å². The van der Waals surface area contributed by atoms with Crippen molar-refractivity contribution in [1.29, 1.82) is 0 Å². The van der Waals surface area contributed by atoms with Gasteiger partial charge in [0.2, 0.25) is 0 Å². The molecular weight excluding hydrogens is 682 g/mol. The van der Waals surface area contributed by atoms with Gasteiger partial charge >= 0.3 is 11.9 Å². The molecule has 9 heteroatoms. The Morgan fingerprint density at radius 2 is 0.944 bits per heavy atom. The number of carbonyl (C=O) groups is 3. The van der Waals surface area contributed by atoms with Gasteiger partial charge in [0.05, 0.1) is 40.3 Å². The zero-order valence-electron chi connectivity index (χ0n) is 35.9. The number of carboxylic acid groups (broad SMARTS) is 1. The first kappa shape index (κ1) is 52.0. The largest absolute Gasteiger partial charge is 0.545 e. The Kier molecular flexibility index (Phi) is 36.5. The minimum atomic E-state index is -1.61. The maximum absolute atomic E-state index is 12.7. The number of ether oxygens (including phenoxy) is 4. The summed E-state index contributed by atoms with van der Waals surface area (Å²) in [5.74, 6) is -2.28. The van der Waals surface area contributed by atoms with Gasteiger partial charge in [0, 0.05) is 12.8 Å². The molecule has 0 N–H and O–H groups in total. The third-order valence-electron chi connectivity index (χ3n) is 9.76. The van der Waals surface area contributed by atoms with E-state index in [0.717, 1.165) is 38.5 Å². The van der Waals surface area contributed by atoms with Crippen molar-refractivity contribution >= 4 is 17.9 Å². The van der Waals surface area contributed by atoms with Crippen LogP contribution in [0.25, 0.3) is 0 Å². The molecule has 0 fully saturated rings. The number of carboxylic acids is 1. The van der Waals surface area contributed by atoms with E-state index in [1.165, 1.54) is 128 Å². The van der Waals surface area contributed by atoms with Gasteiger partial charge < -0.3 is 33.3 Å². The van der Waals surface area contributed by atoms with Crippen LogP contribution in [0.4, 0.5) is 0 Å². The number of quaternary nitrogens is 1. The van der Waals surface area contributed by atoms with E-state index in [0.29, 0.717) is 23.9 Å². The van der Waals surface area contributed by atoms with Crippen LogP contribution in [0.3, 0.4) is 0 Å². The van der Waals surface area contributed by atoms with Crippen LogP contribution >= 0.6 is 0 Å². The van der Waals surface area contributed by atoms with E-state index >= 15 is 0 Å². The van der Waals surface area contributed by atoms with Crippen LogP contribution in [-0.4, -0.2) is 82.3 Å². The van der Waals surface area contributed by atoms with Crippen LogP contribution in [0.1, 0.15) is 200 Å². The molecule has 0 aliphatic heterocycles. The normalized spacial score (nSPS) is 13.0. The molecule has 0 spiro atoms. The molecule has 0 rings (SSSR count). The van der Waals surface area contributed by atoms with Crippen LogP contribution in [0.5, 0.6) is 0 Å². The van der Waals surface area contributed by atoms with Gasteiger partial charge in [-0.1, -0.05) is 161 Å². The van der Waals surface area contributed by atoms with Gasteiger partial charge in [-0.25, -0.2) is 0 Å². The third kappa shape index (κ3) is 38.3. The first-order valence-electron chi connectivity index (χ1n) is 22.3. The Morgan fingerprint density at radius 3 is 1.37 bits per heavy atom. The summed E-state index contributed by atoms with van der Waals surface area (Å²) < 4.78 is 22.5. The summed E-state index contributed by atoms with van der Waals surface area (Å²) in [7, 11) is 5.90. The van der Waals surface area contributed by atoms with Gasteiger partial charge in [-0.05, 0) is 38.5 Å². The van der Waals surface area contributed by atoms with E-state index in [1.54, 1.807) is 0 Å². The number of aliphatic carboxylic acids is 1. The van der Waals surface area contributed by atoms with Crippen LogP contribution in [0, 0.1) is 0 Å². The molecule has 0 aliphatic rings. The number of nitrogens with zero attached hydrogens (tertiary/aromatic N) is 1. The van der Waals surface area contributed by atoms with Crippen molar-refractivity contribution in [1.82, 2.24) is 0 Å². The summed E-state index contributed by atoms with van der Waals surface area (Å²) in [6.45, 7) is 4.71. The fourth-order valence-electron chi connectivity index (χ4n) is 6.24. The highest BCUT2D eigenvalue weighted by Crippen LogP contribution is 2.15. The molecule has 0 heterocycles. The monoisotopic (exact) mass is 768 g/mol. The van der Waals surface area contributed by atoms with Gasteiger partial charge in [0.15, 0.2) is 12.4 Å². The van der Waals surface area contributed by atoms with Gasteiger partial charge in [-0.3, -0.25) is 9.59 Å². The Bertz CT molecular complexity index is 903. The Labute approximate surface area is 332 Å². The molecule has 0 saturated heterocycles. The number of rotatable bonds is 41. The fraction of sp³-hybridized carbons (Fsp3) is 0.889. The molecule has 0 aromatic heterocycles. The maximum Gasteiger partial charge on any atom is 0.306 e. The minimum Gasteiger partial charge on any atom is -0.545 e. The Hall–Kier alpha value is -1.97. The molecule has 0 aliphatic carbocycles. The number of hydrogen-bond donors (Lipinski definition) is 0. The van der Waals surface area contributed by atoms with Crippen molar-refractivity contribution in [3.05, 3.63) is 12.2 Å². The van der Waals surface area contributed by atoms with Crippen LogP contribution < -0.4 is 5.11 Å². The van der Waals surface area contributed by atoms with Crippen molar-refractivity contribution in [2.24, 2.45) is 0 Å². The van der Waals surface area contributed by atoms with Gasteiger partial charge in [0.1, 0.15) is 13.2 Å². The third-order valence-corrected chi connectivity index (χ3v) is 9.76. The first-order chi connectivity index (χ1) is 26.1. The van der Waals surface area contributed by atoms with Gasteiger partial charge in [0.25, 0.3) is 0 Å². The van der Waals surface area contributed by atoms with Crippen LogP contribution in [0.15, 0.2) is 12.2 Å². The number of allylic oxidation sites excluding steroid dienone is 2. The average Bonchev–Trinajstić information content (AvgIpc) is 3.12. The number of likely N-dealkylation sites (N-methyl/N-ethyl adjacent to an activating group) is 1. The number of hydrogen-bond acceptors (Lipinski definition) is 8. The zero-order valence-corrected chi connectivity index (χ0v) is 35.9. The van der Waals surface area contributed by atoms with Crippen LogP contribution in [-0.2, 0) is 33.3 Å². The molecule has 0 aromatic carbocycles. The highest BCUT2D eigenvalue weighted by atomic mass is 16.7. The quantitative estimate of drug-likeness (QED) is 0.0199. The zero-order chi connectivity index (χ0) is 40.0. The highest BCUT2D eigenvalue weighted by Gasteiger charge is 2.21. The summed E-state index contributed by atoms with van der Waals surface area (Å²) in [6.07, 6.45) is 35.4. The highest BCUT2D eigenvalue weighted by molar-refractivity contribution is 5.70. The fourth-order valence-corrected chi connectivity index (χ4v) is 6.24. The lowest BCUT2D eigenvalue weighted by molar-refractivity contribution is -0.870. The second kappa shape index (κ2) is 37.9. The van der Waals surface area contributed by atoms with E-state index in [1.807, 2.05) is 21.1 Å². The van der Waals surface area contributed by atoms with E-state index in [9.17, 15) is 19.5 Å². The smallest absolute Gasteiger partial charge is 0.306 e. The van der Waals surface area contributed by atoms with Gasteiger partial charge in [-0.15, -0.1) is 0 Å². The molecule has 0 bridgehead atoms. The summed E-state index contributed by atoms with van der Waals surface area (Å²) >= 11 is 0. The number of carbonyl (C=O) groups excluding carboxylic acids is 3. The molecule has 0 radical (unpaired) electrons. The average molecular weight is 768 g/mol. The summed E-state index contributed by atoms with van der Waals surface area (Å²) in [5.41, 5.74) is 0. The first-order valence-corrected chi connectivity index (χ1v) is 22.3. The summed E-state index contributed by atoms with van der Waals surface area (Å²) in [4.78, 5) is 36.8. The summed E-state index contributed by atoms with van der Waals surface area (Å²) in [6, 6.07) is 0. The predicted molar refractivity (Wildman–Crippen MR) is 219 cm³/mol. The van der Waals surface area contributed by atoms with Crippen molar-refractivity contribution in [3.63, 3.8) is 0 Å². The van der Waals surface area contributed by atoms with E-state index in [-0.39, 0.29) is 32.2 Å². The second-order valence-electron chi connectivity index (χ2n) is 16.3. The predicted octanol–water partition coefficient (Wildman–Crippen LogP) is 10.2. The Balaban J connectivity index is 4.29. The molecule has 318 valence electrons. The molecule has 0 saturated carbocycles. The van der Waals surface area contributed by atoms with Gasteiger partial charge in [-0.2, -0.15) is 0 Å². The molecular formula is C45H85NO8. The standard InChI is InChI=1S/C45H85NO8/c1-6-8-10-12-14-16-17-18-19-20-21-22-23-24-25-26-27-28-30-32-34-36-43(48)54-41(40-53-45(44(49)50)51-38-37-46(3,4)5)39-52-42(47)35-33-31-29-15-13-11-9-7-2/h20-21,41,45H,6-19,22-40H2,1-5H3/b21-20-. The van der Waals surface area contributed by atoms with E-state index < -0.39 is 24.3 Å². The summed E-state index contributed by atoms with van der Waals surface area (Å²) in [5, 5.41) is 11.6. The molecule has 2 atom stereocenters. The topological polar surface area (TPSA) is 111 Å². The SMILES string of the molecule is CCCCCCCCCC/C=C\CCCCCCCCCCCC(=O)OC(COC(=O)CCCCCCCCCC)COC(OCC[N+](C)(C)C)C(=O)[O-]. The van der Waals surface area contributed by atoms with Crippen molar-refractivity contribution < 1.29 is 42.9 Å². The maximum atomic E-state index is 12.7. The lowest BCUT2D eigenvalue weighted by Gasteiger charge is -2.26.